The van der Waals surface area contributed by atoms with E-state index in [-0.39, 0.29) is 5.92 Å². The predicted octanol–water partition coefficient (Wildman–Crippen LogP) is 3.97. The average Bonchev–Trinajstić information content (AvgIpc) is 2.47. The Morgan fingerprint density at radius 1 is 1.20 bits per heavy atom. The van der Waals surface area contributed by atoms with E-state index in [4.69, 9.17) is 5.26 Å². The van der Waals surface area contributed by atoms with Gasteiger partial charge in [0.1, 0.15) is 0 Å². The number of nitriles is 2. The topological polar surface area (TPSA) is 50.8 Å². The highest BCUT2D eigenvalue weighted by molar-refractivity contribution is 5.00. The van der Waals surface area contributed by atoms with Crippen molar-refractivity contribution in [1.82, 2.24) is 4.90 Å². The van der Waals surface area contributed by atoms with Crippen LogP contribution < -0.4 is 0 Å². The highest BCUT2D eigenvalue weighted by Gasteiger charge is 2.39. The summed E-state index contributed by atoms with van der Waals surface area (Å²) in [5.41, 5.74) is 0.354. The summed E-state index contributed by atoms with van der Waals surface area (Å²) in [5, 5.41) is 18.2. The maximum Gasteiger partial charge on any atom is 0.0672 e. The Hall–Kier alpha value is -1.06. The Bertz CT molecular complexity index is 375. The molecule has 3 unspecified atom stereocenters. The van der Waals surface area contributed by atoms with Gasteiger partial charge in [-0.2, -0.15) is 10.5 Å². The lowest BCUT2D eigenvalue weighted by atomic mass is 9.66. The highest BCUT2D eigenvalue weighted by Crippen LogP contribution is 2.43. The third-order valence-electron chi connectivity index (χ3n) is 5.38. The largest absolute Gasteiger partial charge is 0.298 e. The van der Waals surface area contributed by atoms with Crippen LogP contribution in [0, 0.1) is 39.9 Å². The molecule has 0 aliphatic heterocycles. The first-order valence-corrected chi connectivity index (χ1v) is 8.00. The van der Waals surface area contributed by atoms with E-state index in [1.807, 2.05) is 0 Å². The van der Waals surface area contributed by atoms with Gasteiger partial charge in [0.05, 0.1) is 18.1 Å². The lowest BCUT2D eigenvalue weighted by Gasteiger charge is -2.45. The van der Waals surface area contributed by atoms with Gasteiger partial charge in [0.25, 0.3) is 0 Å². The van der Waals surface area contributed by atoms with Crippen LogP contribution in [0.1, 0.15) is 59.8 Å². The smallest absolute Gasteiger partial charge is 0.0672 e. The minimum atomic E-state index is 0.137. The molecule has 0 bridgehead atoms. The fourth-order valence-corrected chi connectivity index (χ4v) is 3.45. The average molecular weight is 275 g/mol. The monoisotopic (exact) mass is 275 g/mol. The molecule has 3 nitrogen and oxygen atoms in total. The molecule has 1 aliphatic carbocycles. The Morgan fingerprint density at radius 3 is 2.40 bits per heavy atom. The summed E-state index contributed by atoms with van der Waals surface area (Å²) in [7, 11) is 0. The summed E-state index contributed by atoms with van der Waals surface area (Å²) >= 11 is 0. The summed E-state index contributed by atoms with van der Waals surface area (Å²) in [6.45, 7) is 10.8. The van der Waals surface area contributed by atoms with Crippen molar-refractivity contribution in [3.05, 3.63) is 0 Å². The van der Waals surface area contributed by atoms with Crippen LogP contribution in [0.4, 0.5) is 0 Å². The minimum absolute atomic E-state index is 0.137. The van der Waals surface area contributed by atoms with E-state index < -0.39 is 0 Å². The second-order valence-corrected chi connectivity index (χ2v) is 6.69. The molecule has 0 saturated heterocycles. The third-order valence-corrected chi connectivity index (χ3v) is 5.38. The van der Waals surface area contributed by atoms with Gasteiger partial charge in [-0.1, -0.05) is 34.1 Å². The fraction of sp³-hybridized carbons (Fsp3) is 0.882. The van der Waals surface area contributed by atoms with Gasteiger partial charge in [0.15, 0.2) is 0 Å². The summed E-state index contributed by atoms with van der Waals surface area (Å²) in [5.74, 6) is 0.829. The molecular formula is C17H29N3. The lowest BCUT2D eigenvalue weighted by Crippen LogP contribution is -2.46. The van der Waals surface area contributed by atoms with Crippen molar-refractivity contribution in [1.29, 1.82) is 10.5 Å². The van der Waals surface area contributed by atoms with E-state index in [0.29, 0.717) is 23.8 Å². The molecule has 0 aromatic heterocycles. The molecule has 0 spiro atoms. The van der Waals surface area contributed by atoms with Crippen molar-refractivity contribution in [2.24, 2.45) is 17.3 Å². The van der Waals surface area contributed by atoms with Crippen LogP contribution in [0.25, 0.3) is 0 Å². The Kier molecular flexibility index (Phi) is 6.50. The van der Waals surface area contributed by atoms with Crippen LogP contribution in [-0.2, 0) is 0 Å². The second kappa shape index (κ2) is 7.65. The third kappa shape index (κ3) is 3.97. The normalized spacial score (nSPS) is 27.1. The molecule has 0 amide bonds. The van der Waals surface area contributed by atoms with Gasteiger partial charge in [-0.05, 0) is 37.1 Å². The Balaban J connectivity index is 2.82. The molecule has 1 saturated carbocycles. The number of nitrogens with zero attached hydrogens (tertiary/aromatic N) is 3. The molecule has 0 aromatic rings. The van der Waals surface area contributed by atoms with Crippen molar-refractivity contribution >= 4 is 0 Å². The zero-order chi connectivity index (χ0) is 15.2. The molecular weight excluding hydrogens is 246 g/mol. The van der Waals surface area contributed by atoms with Crippen molar-refractivity contribution in [3.8, 4) is 12.1 Å². The van der Waals surface area contributed by atoms with E-state index in [0.717, 1.165) is 25.9 Å². The SMILES string of the molecule is CCN(CCC#N)C1CC(C(C)(C)CC)CCC1C#N. The van der Waals surface area contributed by atoms with Gasteiger partial charge in [-0.15, -0.1) is 0 Å². The van der Waals surface area contributed by atoms with Crippen molar-refractivity contribution < 1.29 is 0 Å². The summed E-state index contributed by atoms with van der Waals surface area (Å²) in [4.78, 5) is 2.36. The number of hydrogen-bond donors (Lipinski definition) is 0. The number of rotatable bonds is 6. The van der Waals surface area contributed by atoms with Crippen molar-refractivity contribution in [3.63, 3.8) is 0 Å². The zero-order valence-electron chi connectivity index (χ0n) is 13.5. The first-order valence-electron chi connectivity index (χ1n) is 8.00. The zero-order valence-corrected chi connectivity index (χ0v) is 13.5. The molecule has 0 aromatic carbocycles. The standard InChI is InChI=1S/C17H29N3/c1-5-17(3,4)15-9-8-14(13-19)16(12-15)20(6-2)11-7-10-18/h14-16H,5-9,11-12H2,1-4H3. The van der Waals surface area contributed by atoms with Gasteiger partial charge in [0, 0.05) is 19.0 Å². The van der Waals surface area contributed by atoms with E-state index >= 15 is 0 Å². The predicted molar refractivity (Wildman–Crippen MR) is 81.8 cm³/mol. The summed E-state index contributed by atoms with van der Waals surface area (Å²) in [6.07, 6.45) is 5.04. The maximum atomic E-state index is 9.44. The lowest BCUT2D eigenvalue weighted by molar-refractivity contribution is 0.0552. The number of hydrogen-bond acceptors (Lipinski definition) is 3. The van der Waals surface area contributed by atoms with E-state index in [2.05, 4.69) is 44.7 Å². The van der Waals surface area contributed by atoms with E-state index in [1.165, 1.54) is 12.8 Å². The first kappa shape index (κ1) is 17.0. The van der Waals surface area contributed by atoms with Gasteiger partial charge in [0.2, 0.25) is 0 Å². The molecule has 1 fully saturated rings. The molecule has 1 rings (SSSR count). The molecule has 20 heavy (non-hydrogen) atoms. The van der Waals surface area contributed by atoms with Crippen LogP contribution in [0.3, 0.4) is 0 Å². The molecule has 112 valence electrons. The Morgan fingerprint density at radius 2 is 1.90 bits per heavy atom. The Labute approximate surface area is 124 Å². The van der Waals surface area contributed by atoms with E-state index in [1.54, 1.807) is 0 Å². The quantitative estimate of drug-likeness (QED) is 0.737. The van der Waals surface area contributed by atoms with E-state index in [9.17, 15) is 5.26 Å². The minimum Gasteiger partial charge on any atom is -0.298 e. The van der Waals surface area contributed by atoms with Crippen LogP contribution in [0.2, 0.25) is 0 Å². The van der Waals surface area contributed by atoms with Crippen LogP contribution in [0.15, 0.2) is 0 Å². The van der Waals surface area contributed by atoms with Crippen LogP contribution in [-0.4, -0.2) is 24.0 Å². The van der Waals surface area contributed by atoms with Gasteiger partial charge in [-0.25, -0.2) is 0 Å². The van der Waals surface area contributed by atoms with Gasteiger partial charge in [-0.3, -0.25) is 4.90 Å². The highest BCUT2D eigenvalue weighted by atomic mass is 15.2. The molecule has 0 N–H and O–H groups in total. The second-order valence-electron chi connectivity index (χ2n) is 6.69. The molecule has 3 atom stereocenters. The van der Waals surface area contributed by atoms with Crippen LogP contribution in [0.5, 0.6) is 0 Å². The van der Waals surface area contributed by atoms with Gasteiger partial charge < -0.3 is 0 Å². The summed E-state index contributed by atoms with van der Waals surface area (Å²) < 4.78 is 0. The van der Waals surface area contributed by atoms with Gasteiger partial charge >= 0.3 is 0 Å². The first-order chi connectivity index (χ1) is 9.50. The summed E-state index contributed by atoms with van der Waals surface area (Å²) in [6, 6.07) is 5.08. The maximum absolute atomic E-state index is 9.44. The molecule has 0 radical (unpaired) electrons. The fourth-order valence-electron chi connectivity index (χ4n) is 3.45. The van der Waals surface area contributed by atoms with Crippen molar-refractivity contribution in [2.45, 2.75) is 65.8 Å². The van der Waals surface area contributed by atoms with Crippen LogP contribution >= 0.6 is 0 Å². The molecule has 1 aliphatic rings. The molecule has 3 heteroatoms. The molecule has 0 heterocycles. The van der Waals surface area contributed by atoms with Crippen molar-refractivity contribution in [2.75, 3.05) is 13.1 Å².